The molecule has 0 saturated heterocycles. The third-order valence-electron chi connectivity index (χ3n) is 3.58. The predicted octanol–water partition coefficient (Wildman–Crippen LogP) is 1.79. The van der Waals surface area contributed by atoms with E-state index in [1.54, 1.807) is 6.08 Å². The fraction of sp³-hybridized carbons (Fsp3) is 0.615. The van der Waals surface area contributed by atoms with E-state index in [9.17, 15) is 9.59 Å². The highest BCUT2D eigenvalue weighted by molar-refractivity contribution is 7.99. The number of rotatable bonds is 5. The monoisotopic (exact) mass is 281 g/mol. The minimum absolute atomic E-state index is 0.0499. The van der Waals surface area contributed by atoms with E-state index in [0.717, 1.165) is 12.8 Å². The predicted molar refractivity (Wildman–Crippen MR) is 76.6 cm³/mol. The maximum absolute atomic E-state index is 12.0. The molecule has 0 radical (unpaired) electrons. The molecule has 1 N–H and O–H groups in total. The van der Waals surface area contributed by atoms with E-state index < -0.39 is 5.69 Å². The van der Waals surface area contributed by atoms with Crippen LogP contribution in [-0.4, -0.2) is 20.3 Å². The van der Waals surface area contributed by atoms with Gasteiger partial charge in [0, 0.05) is 12.3 Å². The molecule has 0 atom stereocenters. The first-order valence-electron chi connectivity index (χ1n) is 6.49. The average Bonchev–Trinajstić information content (AvgIpc) is 2.78. The largest absolute Gasteiger partial charge is 0.354 e. The minimum atomic E-state index is -0.455. The summed E-state index contributed by atoms with van der Waals surface area (Å²) in [5.74, 6) is 0.615. The van der Waals surface area contributed by atoms with E-state index in [-0.39, 0.29) is 11.1 Å². The number of H-pyrrole nitrogens is 1. The lowest BCUT2D eigenvalue weighted by atomic mass is 9.89. The first kappa shape index (κ1) is 14.1. The van der Waals surface area contributed by atoms with Crippen molar-refractivity contribution in [3.63, 3.8) is 0 Å². The number of nitrogens with zero attached hydrogens (tertiary/aromatic N) is 2. The summed E-state index contributed by atoms with van der Waals surface area (Å²) in [6, 6.07) is 0. The lowest BCUT2D eigenvalue weighted by Crippen LogP contribution is -2.41. The molecule has 0 spiro atoms. The molecule has 19 heavy (non-hydrogen) atoms. The number of nitrogens with one attached hydrogen (secondary N) is 1. The van der Waals surface area contributed by atoms with Gasteiger partial charge in [0.05, 0.1) is 0 Å². The number of thioether (sulfide) groups is 1. The normalized spacial score (nSPS) is 17.5. The molecule has 0 unspecified atom stereocenters. The van der Waals surface area contributed by atoms with Crippen molar-refractivity contribution in [3.05, 3.63) is 33.6 Å². The molecule has 1 fully saturated rings. The molecule has 1 aromatic heterocycles. The third kappa shape index (κ3) is 3.37. The topological polar surface area (TPSA) is 67.8 Å². The van der Waals surface area contributed by atoms with Crippen LogP contribution in [-0.2, 0) is 6.54 Å². The molecule has 6 heteroatoms. The Hall–Kier alpha value is -1.30. The quantitative estimate of drug-likeness (QED) is 0.660. The lowest BCUT2D eigenvalue weighted by molar-refractivity contribution is 0.268. The van der Waals surface area contributed by atoms with Crippen LogP contribution in [0.1, 0.15) is 32.6 Å². The van der Waals surface area contributed by atoms with E-state index in [4.69, 9.17) is 0 Å². The highest BCUT2D eigenvalue weighted by atomic mass is 32.2. The number of aromatic amines is 1. The zero-order valence-corrected chi connectivity index (χ0v) is 12.0. The molecule has 1 aliphatic carbocycles. The van der Waals surface area contributed by atoms with Gasteiger partial charge >= 0.3 is 11.4 Å². The Kier molecular flexibility index (Phi) is 4.29. The molecular weight excluding hydrogens is 262 g/mol. The van der Waals surface area contributed by atoms with Gasteiger partial charge in [-0.1, -0.05) is 37.6 Å². The second-order valence-corrected chi connectivity index (χ2v) is 6.34. The van der Waals surface area contributed by atoms with Crippen LogP contribution in [0.25, 0.3) is 0 Å². The van der Waals surface area contributed by atoms with Crippen LogP contribution < -0.4 is 11.4 Å². The van der Waals surface area contributed by atoms with Gasteiger partial charge in [0.2, 0.25) is 0 Å². The first-order chi connectivity index (χ1) is 9.04. The maximum atomic E-state index is 12.0. The summed E-state index contributed by atoms with van der Waals surface area (Å²) in [7, 11) is 0. The minimum Gasteiger partial charge on any atom is -0.286 e. The zero-order chi connectivity index (χ0) is 13.9. The van der Waals surface area contributed by atoms with Crippen molar-refractivity contribution >= 4 is 11.8 Å². The van der Waals surface area contributed by atoms with E-state index in [0.29, 0.717) is 17.5 Å². The Bertz CT molecular complexity index is 539. The summed E-state index contributed by atoms with van der Waals surface area (Å²) in [6.07, 6.45) is 6.17. The van der Waals surface area contributed by atoms with Gasteiger partial charge in [0.1, 0.15) is 0 Å². The Morgan fingerprint density at radius 1 is 1.47 bits per heavy atom. The van der Waals surface area contributed by atoms with Gasteiger partial charge in [-0.3, -0.25) is 4.98 Å². The van der Waals surface area contributed by atoms with Crippen molar-refractivity contribution < 1.29 is 0 Å². The fourth-order valence-electron chi connectivity index (χ4n) is 2.54. The second kappa shape index (κ2) is 5.77. The van der Waals surface area contributed by atoms with Gasteiger partial charge in [-0.2, -0.15) is 4.98 Å². The maximum Gasteiger partial charge on any atom is 0.354 e. The van der Waals surface area contributed by atoms with Crippen molar-refractivity contribution in [1.82, 2.24) is 14.5 Å². The van der Waals surface area contributed by atoms with Gasteiger partial charge in [-0.25, -0.2) is 14.2 Å². The van der Waals surface area contributed by atoms with Crippen LogP contribution in [0.2, 0.25) is 0 Å². The molecule has 0 bridgehead atoms. The molecular formula is C13H19N3O2S. The van der Waals surface area contributed by atoms with Crippen LogP contribution in [0.15, 0.2) is 27.4 Å². The molecule has 1 aliphatic rings. The molecule has 1 aromatic rings. The Labute approximate surface area is 116 Å². The number of hydrogen-bond donors (Lipinski definition) is 1. The molecule has 104 valence electrons. The van der Waals surface area contributed by atoms with Crippen molar-refractivity contribution in [2.45, 2.75) is 44.3 Å². The number of aromatic nitrogens is 3. The molecule has 5 nitrogen and oxygen atoms in total. The van der Waals surface area contributed by atoms with E-state index in [1.807, 2.05) is 0 Å². The summed E-state index contributed by atoms with van der Waals surface area (Å²) in [6.45, 7) is 6.18. The highest BCUT2D eigenvalue weighted by Gasteiger charge is 2.30. The van der Waals surface area contributed by atoms with Crippen molar-refractivity contribution in [2.75, 3.05) is 5.75 Å². The van der Waals surface area contributed by atoms with Gasteiger partial charge in [0.15, 0.2) is 5.16 Å². The first-order valence-corrected chi connectivity index (χ1v) is 7.47. The highest BCUT2D eigenvalue weighted by Crippen LogP contribution is 2.38. The summed E-state index contributed by atoms with van der Waals surface area (Å²) in [5.41, 5.74) is -0.767. The summed E-state index contributed by atoms with van der Waals surface area (Å²) >= 11 is 1.30. The third-order valence-corrected chi connectivity index (χ3v) is 4.44. The van der Waals surface area contributed by atoms with Gasteiger partial charge in [0.25, 0.3) is 0 Å². The Balaban J connectivity index is 2.24. The Morgan fingerprint density at radius 2 is 2.16 bits per heavy atom. The van der Waals surface area contributed by atoms with Crippen LogP contribution in [0.5, 0.6) is 0 Å². The van der Waals surface area contributed by atoms with Crippen molar-refractivity contribution in [1.29, 1.82) is 0 Å². The molecule has 1 saturated carbocycles. The van der Waals surface area contributed by atoms with E-state index >= 15 is 0 Å². The summed E-state index contributed by atoms with van der Waals surface area (Å²) in [4.78, 5) is 30.5. The summed E-state index contributed by atoms with van der Waals surface area (Å²) in [5, 5.41) is 0.364. The fourth-order valence-corrected chi connectivity index (χ4v) is 3.11. The van der Waals surface area contributed by atoms with Crippen molar-refractivity contribution in [3.8, 4) is 0 Å². The molecule has 0 amide bonds. The lowest BCUT2D eigenvalue weighted by Gasteiger charge is -2.23. The van der Waals surface area contributed by atoms with Crippen LogP contribution in [0.4, 0.5) is 0 Å². The van der Waals surface area contributed by atoms with Crippen LogP contribution in [0.3, 0.4) is 0 Å². The van der Waals surface area contributed by atoms with Gasteiger partial charge in [-0.15, -0.1) is 6.58 Å². The SMILES string of the molecule is C=CCSc1nc(=O)n(CC2(C)CCCC2)c(=O)[nH]1. The molecule has 1 heterocycles. The van der Waals surface area contributed by atoms with Crippen molar-refractivity contribution in [2.24, 2.45) is 5.41 Å². The molecule has 0 aliphatic heterocycles. The smallest absolute Gasteiger partial charge is 0.286 e. The van der Waals surface area contributed by atoms with Crippen LogP contribution in [0, 0.1) is 5.41 Å². The summed E-state index contributed by atoms with van der Waals surface area (Å²) < 4.78 is 1.23. The van der Waals surface area contributed by atoms with Gasteiger partial charge in [-0.05, 0) is 18.3 Å². The second-order valence-electron chi connectivity index (χ2n) is 5.33. The number of hydrogen-bond acceptors (Lipinski definition) is 4. The molecule has 2 rings (SSSR count). The Morgan fingerprint density at radius 3 is 2.74 bits per heavy atom. The standard InChI is InChI=1S/C13H19N3O2S/c1-3-8-19-10-14-11(17)16(12(18)15-10)9-13(2)6-4-5-7-13/h3H,1,4-9H2,2H3,(H,14,15,17,18). The zero-order valence-electron chi connectivity index (χ0n) is 11.1. The van der Waals surface area contributed by atoms with Gasteiger partial charge < -0.3 is 0 Å². The van der Waals surface area contributed by atoms with E-state index in [1.165, 1.54) is 29.2 Å². The average molecular weight is 281 g/mol. The van der Waals surface area contributed by atoms with E-state index in [2.05, 4.69) is 23.5 Å². The molecule has 0 aromatic carbocycles. The van der Waals surface area contributed by atoms with Crippen LogP contribution >= 0.6 is 11.8 Å².